The normalized spacial score (nSPS) is 20.4. The zero-order chi connectivity index (χ0) is 15.0. The highest BCUT2D eigenvalue weighted by atomic mass is 79.9. The molecule has 4 heteroatoms. The van der Waals surface area contributed by atoms with E-state index in [1.807, 2.05) is 61.5 Å². The summed E-state index contributed by atoms with van der Waals surface area (Å²) in [5, 5.41) is 11.5. The van der Waals surface area contributed by atoms with E-state index in [0.717, 1.165) is 26.9 Å². The maximum Gasteiger partial charge on any atom is 0.131 e. The topological polar surface area (TPSA) is 32.7 Å². The number of ether oxygens (including phenoxy) is 1. The van der Waals surface area contributed by atoms with E-state index in [4.69, 9.17) is 4.74 Å². The van der Waals surface area contributed by atoms with Crippen molar-refractivity contribution >= 4 is 15.9 Å². The Morgan fingerprint density at radius 1 is 1.19 bits per heavy atom. The van der Waals surface area contributed by atoms with Gasteiger partial charge in [-0.05, 0) is 43.4 Å². The van der Waals surface area contributed by atoms with E-state index < -0.39 is 5.60 Å². The fourth-order valence-electron chi connectivity index (χ4n) is 2.93. The molecule has 0 saturated heterocycles. The third kappa shape index (κ3) is 2.59. The van der Waals surface area contributed by atoms with Gasteiger partial charge in [-0.3, -0.25) is 0 Å². The van der Waals surface area contributed by atoms with Crippen LogP contribution >= 0.6 is 15.9 Å². The van der Waals surface area contributed by atoms with Crippen LogP contribution in [0.25, 0.3) is 0 Å². The number of hydrogen-bond acceptors (Lipinski definition) is 3. The molecule has 0 amide bonds. The molecule has 0 radical (unpaired) electrons. The molecule has 2 aromatic carbocycles. The van der Waals surface area contributed by atoms with Crippen LogP contribution < -0.4 is 4.74 Å². The molecule has 0 spiro atoms. The van der Waals surface area contributed by atoms with Gasteiger partial charge < -0.3 is 14.7 Å². The van der Waals surface area contributed by atoms with Crippen molar-refractivity contribution in [2.45, 2.75) is 12.2 Å². The third-order valence-electron chi connectivity index (χ3n) is 3.78. The Hall–Kier alpha value is -1.36. The van der Waals surface area contributed by atoms with E-state index in [1.165, 1.54) is 0 Å². The van der Waals surface area contributed by atoms with Crippen LogP contribution in [0.4, 0.5) is 0 Å². The molecule has 1 heterocycles. The fraction of sp³-hybridized carbons (Fsp3) is 0.294. The van der Waals surface area contributed by atoms with Crippen molar-refractivity contribution < 1.29 is 9.84 Å². The van der Waals surface area contributed by atoms with Gasteiger partial charge >= 0.3 is 0 Å². The minimum Gasteiger partial charge on any atom is -0.488 e. The molecule has 0 bridgehead atoms. The van der Waals surface area contributed by atoms with E-state index in [2.05, 4.69) is 15.9 Å². The zero-order valence-electron chi connectivity index (χ0n) is 12.1. The summed E-state index contributed by atoms with van der Waals surface area (Å²) in [7, 11) is 3.92. The Bertz CT molecular complexity index is 672. The predicted octanol–water partition coefficient (Wildman–Crippen LogP) is 3.14. The summed E-state index contributed by atoms with van der Waals surface area (Å²) in [4.78, 5) is 1.99. The predicted molar refractivity (Wildman–Crippen MR) is 86.5 cm³/mol. The molecule has 1 atom stereocenters. The third-order valence-corrected chi connectivity index (χ3v) is 4.27. The lowest BCUT2D eigenvalue weighted by molar-refractivity contribution is 0.0507. The van der Waals surface area contributed by atoms with Gasteiger partial charge in [-0.25, -0.2) is 0 Å². The molecule has 3 rings (SSSR count). The molecular formula is C17H18BrNO2. The number of benzene rings is 2. The number of hydrogen-bond donors (Lipinski definition) is 1. The molecule has 2 aromatic rings. The molecule has 3 nitrogen and oxygen atoms in total. The Morgan fingerprint density at radius 2 is 1.95 bits per heavy atom. The molecular weight excluding hydrogens is 330 g/mol. The Kier molecular flexibility index (Phi) is 3.78. The van der Waals surface area contributed by atoms with Crippen molar-refractivity contribution in [3.63, 3.8) is 0 Å². The molecule has 0 aliphatic carbocycles. The summed E-state index contributed by atoms with van der Waals surface area (Å²) in [6, 6.07) is 13.7. The zero-order valence-corrected chi connectivity index (χ0v) is 13.7. The highest BCUT2D eigenvalue weighted by Crippen LogP contribution is 2.41. The number of fused-ring (bicyclic) bond motifs is 2. The number of aliphatic hydroxyl groups is 1. The van der Waals surface area contributed by atoms with Gasteiger partial charge in [-0.1, -0.05) is 40.2 Å². The molecule has 1 aliphatic rings. The van der Waals surface area contributed by atoms with Crippen molar-refractivity contribution in [1.82, 2.24) is 4.90 Å². The first kappa shape index (κ1) is 14.6. The number of rotatable bonds is 2. The van der Waals surface area contributed by atoms with E-state index in [-0.39, 0.29) is 0 Å². The summed E-state index contributed by atoms with van der Waals surface area (Å²) in [6.07, 6.45) is 0. The summed E-state index contributed by atoms with van der Waals surface area (Å²) < 4.78 is 6.84. The van der Waals surface area contributed by atoms with Crippen LogP contribution in [-0.4, -0.2) is 30.6 Å². The standard InChI is InChI=1S/C17H18BrNO2/c1-19(2)11-17(20)14-6-4-3-5-12(14)10-21-16-8-7-13(18)9-15(16)17/h3-9,20H,10-11H2,1-2H3. The average Bonchev–Trinajstić information content (AvgIpc) is 2.55. The number of halogens is 1. The minimum atomic E-state index is -1.09. The first-order valence-corrected chi connectivity index (χ1v) is 7.68. The second-order valence-electron chi connectivity index (χ2n) is 5.68. The van der Waals surface area contributed by atoms with Crippen molar-refractivity contribution in [1.29, 1.82) is 0 Å². The second kappa shape index (κ2) is 5.44. The molecule has 1 aliphatic heterocycles. The van der Waals surface area contributed by atoms with E-state index in [0.29, 0.717) is 13.2 Å². The second-order valence-corrected chi connectivity index (χ2v) is 6.60. The van der Waals surface area contributed by atoms with Crippen molar-refractivity contribution in [3.8, 4) is 5.75 Å². The largest absolute Gasteiger partial charge is 0.488 e. The molecule has 21 heavy (non-hydrogen) atoms. The number of likely N-dealkylation sites (N-methyl/N-ethyl adjacent to an activating group) is 1. The van der Waals surface area contributed by atoms with Crippen LogP contribution in [0.5, 0.6) is 5.75 Å². The van der Waals surface area contributed by atoms with Crippen LogP contribution in [0, 0.1) is 0 Å². The van der Waals surface area contributed by atoms with Gasteiger partial charge in [0.25, 0.3) is 0 Å². The smallest absolute Gasteiger partial charge is 0.131 e. The van der Waals surface area contributed by atoms with Gasteiger partial charge in [0.2, 0.25) is 0 Å². The molecule has 1 N–H and O–H groups in total. The van der Waals surface area contributed by atoms with Gasteiger partial charge in [0.1, 0.15) is 18.0 Å². The maximum absolute atomic E-state index is 11.5. The summed E-state index contributed by atoms with van der Waals surface area (Å²) in [6.45, 7) is 0.970. The van der Waals surface area contributed by atoms with E-state index in [1.54, 1.807) is 0 Å². The van der Waals surface area contributed by atoms with Crippen LogP contribution in [0.1, 0.15) is 16.7 Å². The fourth-order valence-corrected chi connectivity index (χ4v) is 3.29. The highest BCUT2D eigenvalue weighted by molar-refractivity contribution is 9.10. The SMILES string of the molecule is CN(C)CC1(O)c2ccccc2COc2ccc(Br)cc21. The Balaban J connectivity index is 2.26. The minimum absolute atomic E-state index is 0.473. The van der Waals surface area contributed by atoms with Crippen LogP contribution in [0.2, 0.25) is 0 Å². The quantitative estimate of drug-likeness (QED) is 0.905. The highest BCUT2D eigenvalue weighted by Gasteiger charge is 2.38. The van der Waals surface area contributed by atoms with Gasteiger partial charge in [0.15, 0.2) is 0 Å². The molecule has 1 unspecified atom stereocenters. The molecule has 0 aromatic heterocycles. The monoisotopic (exact) mass is 347 g/mol. The Labute approximate surface area is 133 Å². The molecule has 110 valence electrons. The van der Waals surface area contributed by atoms with Gasteiger partial charge in [0, 0.05) is 16.6 Å². The van der Waals surface area contributed by atoms with Crippen molar-refractivity contribution in [3.05, 3.63) is 63.6 Å². The molecule has 0 fully saturated rings. The lowest BCUT2D eigenvalue weighted by atomic mass is 9.83. The summed E-state index contributed by atoms with van der Waals surface area (Å²) in [5.41, 5.74) is 1.65. The lowest BCUT2D eigenvalue weighted by Crippen LogP contribution is -2.39. The lowest BCUT2D eigenvalue weighted by Gasteiger charge is -2.32. The first-order chi connectivity index (χ1) is 10.0. The van der Waals surface area contributed by atoms with Crippen molar-refractivity contribution in [2.75, 3.05) is 20.6 Å². The maximum atomic E-state index is 11.5. The van der Waals surface area contributed by atoms with Crippen molar-refractivity contribution in [2.24, 2.45) is 0 Å². The van der Waals surface area contributed by atoms with Gasteiger partial charge in [0.05, 0.1) is 0 Å². The van der Waals surface area contributed by atoms with Crippen LogP contribution in [-0.2, 0) is 12.2 Å². The van der Waals surface area contributed by atoms with E-state index in [9.17, 15) is 5.11 Å². The summed E-state index contributed by atoms with van der Waals surface area (Å²) in [5.74, 6) is 0.735. The van der Waals surface area contributed by atoms with Gasteiger partial charge in [-0.2, -0.15) is 0 Å². The number of nitrogens with zero attached hydrogens (tertiary/aromatic N) is 1. The van der Waals surface area contributed by atoms with Crippen LogP contribution in [0.15, 0.2) is 46.9 Å². The average molecular weight is 348 g/mol. The first-order valence-electron chi connectivity index (χ1n) is 6.89. The Morgan fingerprint density at radius 3 is 2.71 bits per heavy atom. The molecule has 0 saturated carbocycles. The van der Waals surface area contributed by atoms with E-state index >= 15 is 0 Å². The van der Waals surface area contributed by atoms with Gasteiger partial charge in [-0.15, -0.1) is 0 Å². The van der Waals surface area contributed by atoms with Crippen LogP contribution in [0.3, 0.4) is 0 Å². The summed E-state index contributed by atoms with van der Waals surface area (Å²) >= 11 is 3.49.